The van der Waals surface area contributed by atoms with Crippen LogP contribution in [0, 0.1) is 5.92 Å². The molecule has 2 atom stereocenters. The van der Waals surface area contributed by atoms with Crippen LogP contribution in [0.5, 0.6) is 0 Å². The normalized spacial score (nSPS) is 29.1. The Kier molecular flexibility index (Phi) is 1.43. The molecule has 14 heavy (non-hydrogen) atoms. The highest BCUT2D eigenvalue weighted by Gasteiger charge is 2.39. The number of allylic oxidation sites excluding steroid dienone is 2. The summed E-state index contributed by atoms with van der Waals surface area (Å²) >= 11 is 0. The van der Waals surface area contributed by atoms with E-state index in [1.807, 2.05) is 18.2 Å². The van der Waals surface area contributed by atoms with E-state index < -0.39 is 0 Å². The van der Waals surface area contributed by atoms with Gasteiger partial charge >= 0.3 is 0 Å². The van der Waals surface area contributed by atoms with E-state index >= 15 is 0 Å². The summed E-state index contributed by atoms with van der Waals surface area (Å²) in [4.78, 5) is 0. The Hall–Kier alpha value is -1.44. The average molecular weight is 188 g/mol. The molecule has 0 aliphatic heterocycles. The number of rotatable bonds is 0. The summed E-state index contributed by atoms with van der Waals surface area (Å²) < 4.78 is 0. The maximum Gasteiger partial charge on any atom is 0.137 e. The van der Waals surface area contributed by atoms with Gasteiger partial charge < -0.3 is 10.2 Å². The average Bonchev–Trinajstić information content (AvgIpc) is 2.45. The third-order valence-electron chi connectivity index (χ3n) is 3.40. The zero-order chi connectivity index (χ0) is 9.71. The lowest BCUT2D eigenvalue weighted by molar-refractivity contribution is 0.303. The third kappa shape index (κ3) is 0.857. The summed E-state index contributed by atoms with van der Waals surface area (Å²) in [5, 5.41) is 19.4. The lowest BCUT2D eigenvalue weighted by Crippen LogP contribution is -2.13. The van der Waals surface area contributed by atoms with E-state index in [9.17, 15) is 10.2 Å². The van der Waals surface area contributed by atoms with Crippen molar-refractivity contribution < 1.29 is 10.2 Å². The molecule has 0 saturated heterocycles. The van der Waals surface area contributed by atoms with Gasteiger partial charge in [0.05, 0.1) is 0 Å². The number of fused-ring (bicyclic) bond motifs is 4. The number of benzene rings is 1. The smallest absolute Gasteiger partial charge is 0.137 e. The first-order valence-corrected chi connectivity index (χ1v) is 4.97. The first kappa shape index (κ1) is 7.92. The molecule has 2 N–H and O–H groups in total. The maximum absolute atomic E-state index is 9.74. The Morgan fingerprint density at radius 1 is 1.07 bits per heavy atom. The summed E-state index contributed by atoms with van der Waals surface area (Å²) in [5.41, 5.74) is 2.45. The summed E-state index contributed by atoms with van der Waals surface area (Å²) in [6.45, 7) is 0. The van der Waals surface area contributed by atoms with E-state index in [0.29, 0.717) is 0 Å². The number of aliphatic hydroxyl groups excluding tert-OH is 2. The standard InChI is InChI=1S/C12H12O2/c13-11-8-5-7-3-1-2-4-9(7)10(6-8)12(11)14/h1-4,8,10,13-14H,5-6H2. The zero-order valence-electron chi connectivity index (χ0n) is 7.77. The Labute approximate surface area is 82.5 Å². The molecule has 3 rings (SSSR count). The van der Waals surface area contributed by atoms with Crippen molar-refractivity contribution in [2.75, 3.05) is 0 Å². The topological polar surface area (TPSA) is 40.5 Å². The van der Waals surface area contributed by atoms with Crippen LogP contribution in [0.1, 0.15) is 23.5 Å². The quantitative estimate of drug-likeness (QED) is 0.657. The van der Waals surface area contributed by atoms with E-state index in [1.54, 1.807) is 0 Å². The van der Waals surface area contributed by atoms with Crippen LogP contribution >= 0.6 is 0 Å². The molecule has 72 valence electrons. The molecule has 2 heteroatoms. The summed E-state index contributed by atoms with van der Waals surface area (Å²) in [6, 6.07) is 8.13. The molecule has 1 aromatic rings. The molecule has 2 unspecified atom stereocenters. The minimum Gasteiger partial charge on any atom is -0.508 e. The van der Waals surface area contributed by atoms with Gasteiger partial charge in [0, 0.05) is 11.8 Å². The van der Waals surface area contributed by atoms with Gasteiger partial charge in [-0.1, -0.05) is 24.3 Å². The number of hydrogen-bond donors (Lipinski definition) is 2. The van der Waals surface area contributed by atoms with Crippen LogP contribution in [0.4, 0.5) is 0 Å². The summed E-state index contributed by atoms with van der Waals surface area (Å²) in [5.74, 6) is 0.603. The molecule has 0 radical (unpaired) electrons. The Morgan fingerprint density at radius 3 is 2.71 bits per heavy atom. The minimum atomic E-state index is 0.0462. The van der Waals surface area contributed by atoms with Crippen molar-refractivity contribution in [3.63, 3.8) is 0 Å². The van der Waals surface area contributed by atoms with Gasteiger partial charge in [-0.25, -0.2) is 0 Å². The predicted octanol–water partition coefficient (Wildman–Crippen LogP) is 2.67. The predicted molar refractivity (Wildman–Crippen MR) is 53.3 cm³/mol. The van der Waals surface area contributed by atoms with Crippen LogP contribution in [0.3, 0.4) is 0 Å². The van der Waals surface area contributed by atoms with Crippen LogP contribution in [-0.4, -0.2) is 10.2 Å². The molecule has 2 aliphatic carbocycles. The van der Waals surface area contributed by atoms with Gasteiger partial charge in [-0.05, 0) is 24.0 Å². The molecule has 1 aromatic carbocycles. The molecule has 0 heterocycles. The number of hydrogen-bond acceptors (Lipinski definition) is 2. The van der Waals surface area contributed by atoms with E-state index in [1.165, 1.54) is 11.1 Å². The van der Waals surface area contributed by atoms with Gasteiger partial charge in [0.2, 0.25) is 0 Å². The minimum absolute atomic E-state index is 0.0462. The fourth-order valence-electron chi connectivity index (χ4n) is 2.68. The largest absolute Gasteiger partial charge is 0.508 e. The lowest BCUT2D eigenvalue weighted by atomic mass is 9.81. The van der Waals surface area contributed by atoms with Crippen molar-refractivity contribution in [1.82, 2.24) is 0 Å². The molecule has 0 amide bonds. The molecule has 0 aromatic heterocycles. The van der Waals surface area contributed by atoms with E-state index in [4.69, 9.17) is 0 Å². The Morgan fingerprint density at radius 2 is 1.86 bits per heavy atom. The van der Waals surface area contributed by atoms with E-state index in [0.717, 1.165) is 12.8 Å². The molecule has 2 aliphatic rings. The van der Waals surface area contributed by atoms with Gasteiger partial charge in [-0.2, -0.15) is 0 Å². The van der Waals surface area contributed by atoms with Crippen molar-refractivity contribution >= 4 is 0 Å². The third-order valence-corrected chi connectivity index (χ3v) is 3.40. The van der Waals surface area contributed by atoms with Gasteiger partial charge in [-0.15, -0.1) is 0 Å². The first-order valence-electron chi connectivity index (χ1n) is 4.97. The van der Waals surface area contributed by atoms with Gasteiger partial charge in [-0.3, -0.25) is 0 Å². The molecule has 2 nitrogen and oxygen atoms in total. The van der Waals surface area contributed by atoms with Crippen molar-refractivity contribution in [3.8, 4) is 0 Å². The van der Waals surface area contributed by atoms with Gasteiger partial charge in [0.15, 0.2) is 0 Å². The number of aliphatic hydroxyl groups is 2. The Bertz CT molecular complexity index is 420. The molecule has 0 spiro atoms. The second kappa shape index (κ2) is 2.53. The van der Waals surface area contributed by atoms with Crippen LogP contribution in [0.15, 0.2) is 35.8 Å². The maximum atomic E-state index is 9.74. The van der Waals surface area contributed by atoms with Crippen LogP contribution in [0.25, 0.3) is 0 Å². The fourth-order valence-corrected chi connectivity index (χ4v) is 2.68. The molecule has 2 bridgehead atoms. The van der Waals surface area contributed by atoms with Crippen LogP contribution in [0.2, 0.25) is 0 Å². The SMILES string of the molecule is OC1=C(O)C2CC1Cc1ccccc12. The summed E-state index contributed by atoms with van der Waals surface area (Å²) in [7, 11) is 0. The van der Waals surface area contributed by atoms with E-state index in [2.05, 4.69) is 6.07 Å². The second-order valence-electron chi connectivity index (χ2n) is 4.16. The van der Waals surface area contributed by atoms with Crippen molar-refractivity contribution in [2.45, 2.75) is 18.8 Å². The highest BCUT2D eigenvalue weighted by molar-refractivity contribution is 5.42. The second-order valence-corrected chi connectivity index (χ2v) is 4.16. The van der Waals surface area contributed by atoms with Crippen LogP contribution < -0.4 is 0 Å². The van der Waals surface area contributed by atoms with Crippen molar-refractivity contribution in [3.05, 3.63) is 46.9 Å². The molecule has 0 fully saturated rings. The van der Waals surface area contributed by atoms with Crippen molar-refractivity contribution in [1.29, 1.82) is 0 Å². The fraction of sp³-hybridized carbons (Fsp3) is 0.333. The summed E-state index contributed by atoms with van der Waals surface area (Å²) in [6.07, 6.45) is 1.73. The molecule has 0 saturated carbocycles. The van der Waals surface area contributed by atoms with Crippen molar-refractivity contribution in [2.24, 2.45) is 5.92 Å². The zero-order valence-corrected chi connectivity index (χ0v) is 7.77. The lowest BCUT2D eigenvalue weighted by Gasteiger charge is -2.22. The highest BCUT2D eigenvalue weighted by atomic mass is 16.3. The van der Waals surface area contributed by atoms with Gasteiger partial charge in [0.25, 0.3) is 0 Å². The highest BCUT2D eigenvalue weighted by Crippen LogP contribution is 2.47. The van der Waals surface area contributed by atoms with Gasteiger partial charge in [0.1, 0.15) is 11.5 Å². The molecular weight excluding hydrogens is 176 g/mol. The monoisotopic (exact) mass is 188 g/mol. The van der Waals surface area contributed by atoms with Crippen LogP contribution in [-0.2, 0) is 6.42 Å². The Balaban J connectivity index is 2.17. The first-order chi connectivity index (χ1) is 6.77. The van der Waals surface area contributed by atoms with E-state index in [-0.39, 0.29) is 23.4 Å². The molecular formula is C12H12O2.